The molecule has 0 spiro atoms. The van der Waals surface area contributed by atoms with Gasteiger partial charge in [-0.2, -0.15) is 0 Å². The maximum Gasteiger partial charge on any atom is 0.132 e. The predicted octanol–water partition coefficient (Wildman–Crippen LogP) is 4.05. The lowest BCUT2D eigenvalue weighted by atomic mass is 10.1. The highest BCUT2D eigenvalue weighted by Crippen LogP contribution is 2.22. The maximum absolute atomic E-state index is 4.57. The molecular weight excluding hydrogens is 258 g/mol. The van der Waals surface area contributed by atoms with Crippen LogP contribution in [0.2, 0.25) is 0 Å². The Labute approximate surface area is 128 Å². The molecule has 2 aromatic rings. The third-order valence-corrected chi connectivity index (χ3v) is 3.36. The molecule has 1 aromatic heterocycles. The number of hydrogen-bond acceptors (Lipinski definition) is 3. The summed E-state index contributed by atoms with van der Waals surface area (Å²) in [5.74, 6) is 0.958. The molecule has 3 nitrogen and oxygen atoms in total. The molecule has 0 atom stereocenters. The molecule has 1 aromatic carbocycles. The van der Waals surface area contributed by atoms with Crippen molar-refractivity contribution >= 4 is 11.5 Å². The van der Waals surface area contributed by atoms with E-state index < -0.39 is 0 Å². The summed E-state index contributed by atoms with van der Waals surface area (Å²) in [5, 5.41) is 3.47. The van der Waals surface area contributed by atoms with Gasteiger partial charge in [0.05, 0.1) is 0 Å². The van der Waals surface area contributed by atoms with Gasteiger partial charge < -0.3 is 10.2 Å². The zero-order valence-corrected chi connectivity index (χ0v) is 13.6. The Morgan fingerprint density at radius 3 is 2.48 bits per heavy atom. The highest BCUT2D eigenvalue weighted by atomic mass is 15.2. The molecule has 21 heavy (non-hydrogen) atoms. The number of nitrogens with one attached hydrogen (secondary N) is 1. The molecule has 0 amide bonds. The third kappa shape index (κ3) is 4.57. The van der Waals surface area contributed by atoms with Crippen LogP contribution in [0.4, 0.5) is 11.5 Å². The number of rotatable bonds is 4. The second-order valence-corrected chi connectivity index (χ2v) is 6.53. The van der Waals surface area contributed by atoms with E-state index in [1.807, 2.05) is 13.2 Å². The number of nitrogens with zero attached hydrogens (tertiary/aromatic N) is 2. The van der Waals surface area contributed by atoms with Crippen molar-refractivity contribution in [2.75, 3.05) is 11.9 Å². The van der Waals surface area contributed by atoms with E-state index in [2.05, 4.69) is 79.3 Å². The summed E-state index contributed by atoms with van der Waals surface area (Å²) < 4.78 is 0. The molecule has 0 bridgehead atoms. The molecule has 0 saturated carbocycles. The molecule has 0 aliphatic heterocycles. The van der Waals surface area contributed by atoms with Crippen molar-refractivity contribution in [3.05, 3.63) is 53.7 Å². The summed E-state index contributed by atoms with van der Waals surface area (Å²) in [4.78, 5) is 6.68. The van der Waals surface area contributed by atoms with Crippen LogP contribution in [-0.2, 0) is 6.54 Å². The standard InChI is InChI=1S/C18H25N3/c1-14-7-6-8-16(11-14)21(5)17-10-9-15(12-19-17)13-20-18(2,3)4/h6-12,20H,13H2,1-5H3. The quantitative estimate of drug-likeness (QED) is 0.917. The van der Waals surface area contributed by atoms with Crippen molar-refractivity contribution in [3.63, 3.8) is 0 Å². The van der Waals surface area contributed by atoms with Gasteiger partial charge in [0.25, 0.3) is 0 Å². The smallest absolute Gasteiger partial charge is 0.132 e. The van der Waals surface area contributed by atoms with Gasteiger partial charge in [-0.1, -0.05) is 18.2 Å². The second kappa shape index (κ2) is 6.27. The molecule has 0 saturated heterocycles. The van der Waals surface area contributed by atoms with E-state index in [4.69, 9.17) is 0 Å². The van der Waals surface area contributed by atoms with Crippen LogP contribution in [0.5, 0.6) is 0 Å². The number of aryl methyl sites for hydroxylation is 1. The number of benzene rings is 1. The first-order valence-corrected chi connectivity index (χ1v) is 7.35. The fraction of sp³-hybridized carbons (Fsp3) is 0.389. The molecule has 0 unspecified atom stereocenters. The lowest BCUT2D eigenvalue weighted by Gasteiger charge is -2.21. The van der Waals surface area contributed by atoms with E-state index in [1.165, 1.54) is 11.1 Å². The van der Waals surface area contributed by atoms with E-state index in [0.717, 1.165) is 18.1 Å². The van der Waals surface area contributed by atoms with Gasteiger partial charge in [-0.05, 0) is 57.0 Å². The number of aromatic nitrogens is 1. The van der Waals surface area contributed by atoms with Crippen LogP contribution in [0.15, 0.2) is 42.6 Å². The summed E-state index contributed by atoms with van der Waals surface area (Å²) in [7, 11) is 2.05. The van der Waals surface area contributed by atoms with E-state index in [-0.39, 0.29) is 5.54 Å². The molecule has 3 heteroatoms. The highest BCUT2D eigenvalue weighted by molar-refractivity contribution is 5.59. The number of pyridine rings is 1. The lowest BCUT2D eigenvalue weighted by molar-refractivity contribution is 0.424. The van der Waals surface area contributed by atoms with Gasteiger partial charge in [-0.3, -0.25) is 0 Å². The number of anilines is 2. The molecule has 1 N–H and O–H groups in total. The summed E-state index contributed by atoms with van der Waals surface area (Å²) in [6.07, 6.45) is 1.94. The van der Waals surface area contributed by atoms with Crippen molar-refractivity contribution in [1.29, 1.82) is 0 Å². The summed E-state index contributed by atoms with van der Waals surface area (Å²) in [6, 6.07) is 12.6. The van der Waals surface area contributed by atoms with Crippen molar-refractivity contribution in [3.8, 4) is 0 Å². The average Bonchev–Trinajstić information content (AvgIpc) is 2.44. The first-order chi connectivity index (χ1) is 9.85. The molecule has 0 aliphatic carbocycles. The van der Waals surface area contributed by atoms with Crippen LogP contribution in [0.1, 0.15) is 31.9 Å². The van der Waals surface area contributed by atoms with E-state index in [0.29, 0.717) is 0 Å². The van der Waals surface area contributed by atoms with Gasteiger partial charge in [0, 0.05) is 31.0 Å². The Morgan fingerprint density at radius 1 is 1.14 bits per heavy atom. The summed E-state index contributed by atoms with van der Waals surface area (Å²) >= 11 is 0. The van der Waals surface area contributed by atoms with Crippen LogP contribution in [0, 0.1) is 6.92 Å². The fourth-order valence-corrected chi connectivity index (χ4v) is 2.06. The van der Waals surface area contributed by atoms with E-state index in [9.17, 15) is 0 Å². The Bertz CT molecular complexity index is 582. The van der Waals surface area contributed by atoms with Gasteiger partial charge in [-0.25, -0.2) is 4.98 Å². The molecule has 2 rings (SSSR count). The van der Waals surface area contributed by atoms with Crippen molar-refractivity contribution in [2.24, 2.45) is 0 Å². The zero-order valence-electron chi connectivity index (χ0n) is 13.6. The molecule has 0 fully saturated rings. The Kier molecular flexibility index (Phi) is 4.63. The Hall–Kier alpha value is -1.87. The minimum absolute atomic E-state index is 0.122. The largest absolute Gasteiger partial charge is 0.329 e. The van der Waals surface area contributed by atoms with Crippen LogP contribution < -0.4 is 10.2 Å². The molecule has 112 valence electrons. The van der Waals surface area contributed by atoms with Crippen molar-refractivity contribution in [2.45, 2.75) is 39.8 Å². The van der Waals surface area contributed by atoms with Crippen LogP contribution in [0.3, 0.4) is 0 Å². The van der Waals surface area contributed by atoms with Gasteiger partial charge in [0.1, 0.15) is 5.82 Å². The van der Waals surface area contributed by atoms with Gasteiger partial charge in [0.15, 0.2) is 0 Å². The second-order valence-electron chi connectivity index (χ2n) is 6.53. The van der Waals surface area contributed by atoms with Crippen molar-refractivity contribution < 1.29 is 0 Å². The van der Waals surface area contributed by atoms with E-state index >= 15 is 0 Å². The predicted molar refractivity (Wildman–Crippen MR) is 90.1 cm³/mol. The average molecular weight is 283 g/mol. The summed E-state index contributed by atoms with van der Waals surface area (Å²) in [5.41, 5.74) is 3.73. The van der Waals surface area contributed by atoms with Gasteiger partial charge in [-0.15, -0.1) is 0 Å². The zero-order chi connectivity index (χ0) is 15.5. The molecule has 0 aliphatic rings. The van der Waals surface area contributed by atoms with Gasteiger partial charge in [0.2, 0.25) is 0 Å². The van der Waals surface area contributed by atoms with Crippen LogP contribution in [0.25, 0.3) is 0 Å². The Balaban J connectivity index is 2.08. The molecule has 1 heterocycles. The molecule has 0 radical (unpaired) electrons. The lowest BCUT2D eigenvalue weighted by Crippen LogP contribution is -2.35. The molecular formula is C18H25N3. The van der Waals surface area contributed by atoms with Crippen molar-refractivity contribution in [1.82, 2.24) is 10.3 Å². The third-order valence-electron chi connectivity index (χ3n) is 3.36. The summed E-state index contributed by atoms with van der Waals surface area (Å²) in [6.45, 7) is 9.44. The first-order valence-electron chi connectivity index (χ1n) is 7.35. The normalized spacial score (nSPS) is 11.5. The topological polar surface area (TPSA) is 28.2 Å². The Morgan fingerprint density at radius 2 is 1.90 bits per heavy atom. The van der Waals surface area contributed by atoms with Gasteiger partial charge >= 0.3 is 0 Å². The SMILES string of the molecule is Cc1cccc(N(C)c2ccc(CNC(C)(C)C)cn2)c1. The number of hydrogen-bond donors (Lipinski definition) is 1. The first kappa shape index (κ1) is 15.5. The fourth-order valence-electron chi connectivity index (χ4n) is 2.06. The van der Waals surface area contributed by atoms with Crippen LogP contribution in [-0.4, -0.2) is 17.6 Å². The monoisotopic (exact) mass is 283 g/mol. The minimum atomic E-state index is 0.122. The minimum Gasteiger partial charge on any atom is -0.329 e. The maximum atomic E-state index is 4.57. The van der Waals surface area contributed by atoms with E-state index in [1.54, 1.807) is 0 Å². The highest BCUT2D eigenvalue weighted by Gasteiger charge is 2.09. The van der Waals surface area contributed by atoms with Crippen LogP contribution >= 0.6 is 0 Å².